The van der Waals surface area contributed by atoms with Crippen LogP contribution in [0.15, 0.2) is 36.4 Å². The molecule has 0 radical (unpaired) electrons. The van der Waals surface area contributed by atoms with Gasteiger partial charge in [0.1, 0.15) is 11.4 Å². The monoisotopic (exact) mass is 378 g/mol. The predicted molar refractivity (Wildman–Crippen MR) is 115 cm³/mol. The first-order valence-corrected chi connectivity index (χ1v) is 10.1. The van der Waals surface area contributed by atoms with Gasteiger partial charge < -0.3 is 6.16 Å². The van der Waals surface area contributed by atoms with Crippen LogP contribution in [0.5, 0.6) is 5.75 Å². The molecule has 0 spiro atoms. The normalized spacial score (nSPS) is 12.1. The minimum absolute atomic E-state index is 0. The van der Waals surface area contributed by atoms with Crippen LogP contribution >= 0.6 is 8.58 Å². The molecule has 0 heterocycles. The Balaban J connectivity index is 0.00000364. The smallest absolute Gasteiger partial charge is 1.00 e. The minimum atomic E-state index is -0.229. The third-order valence-electron chi connectivity index (χ3n) is 4.18. The molecule has 0 aliphatic heterocycles. The summed E-state index contributed by atoms with van der Waals surface area (Å²) in [5.41, 5.74) is 4.30. The molecule has 1 atom stereocenters. The molecule has 0 saturated carbocycles. The second-order valence-corrected chi connectivity index (χ2v) is 10.1. The molecule has 2 aromatic rings. The maximum absolute atomic E-state index is 12.8. The van der Waals surface area contributed by atoms with E-state index < -0.39 is 0 Å². The van der Waals surface area contributed by atoms with Crippen LogP contribution in [0.25, 0.3) is 0 Å². The van der Waals surface area contributed by atoms with E-state index >= 15 is 0 Å². The van der Waals surface area contributed by atoms with Crippen LogP contribution in [0.3, 0.4) is 0 Å². The number of benzene rings is 2. The van der Waals surface area contributed by atoms with Crippen molar-refractivity contribution in [3.63, 3.8) is 0 Å². The molecule has 0 N–H and O–H groups in total. The number of hydrogen-bond donors (Lipinski definition) is 0. The molecule has 1 unspecified atom stereocenters. The van der Waals surface area contributed by atoms with E-state index in [4.69, 9.17) is 4.74 Å². The molecule has 0 saturated heterocycles. The van der Waals surface area contributed by atoms with Gasteiger partial charge in [0, 0.05) is 5.56 Å². The first-order valence-electron chi connectivity index (χ1n) is 9.09. The van der Waals surface area contributed by atoms with Crippen molar-refractivity contribution in [1.29, 1.82) is 0 Å². The van der Waals surface area contributed by atoms with Gasteiger partial charge in [0.25, 0.3) is 0 Å². The molecular formula is C23H32LiO2P. The van der Waals surface area contributed by atoms with Crippen LogP contribution in [-0.2, 0) is 5.41 Å². The second kappa shape index (κ2) is 8.96. The van der Waals surface area contributed by atoms with Crippen molar-refractivity contribution < 1.29 is 29.8 Å². The molecule has 142 valence electrons. The van der Waals surface area contributed by atoms with E-state index in [0.29, 0.717) is 0 Å². The van der Waals surface area contributed by atoms with E-state index in [2.05, 4.69) is 46.8 Å². The van der Waals surface area contributed by atoms with E-state index in [9.17, 15) is 4.79 Å². The van der Waals surface area contributed by atoms with Crippen molar-refractivity contribution >= 4 is 19.4 Å². The van der Waals surface area contributed by atoms with Crippen LogP contribution < -0.4 is 28.9 Å². The summed E-state index contributed by atoms with van der Waals surface area (Å²) >= 11 is 0. The third kappa shape index (κ3) is 6.80. The van der Waals surface area contributed by atoms with Gasteiger partial charge in [-0.25, -0.2) is 0 Å². The van der Waals surface area contributed by atoms with Gasteiger partial charge >= 0.3 is 18.9 Å². The van der Waals surface area contributed by atoms with Crippen LogP contribution in [0.4, 0.5) is 0 Å². The molecule has 2 nitrogen and oxygen atoms in total. The van der Waals surface area contributed by atoms with E-state index in [1.807, 2.05) is 45.0 Å². The topological polar surface area (TPSA) is 26.3 Å². The zero-order valence-corrected chi connectivity index (χ0v) is 19.3. The first-order chi connectivity index (χ1) is 11.9. The molecule has 0 aliphatic carbocycles. The average Bonchev–Trinajstić information content (AvgIpc) is 2.48. The van der Waals surface area contributed by atoms with Crippen LogP contribution in [0.2, 0.25) is 0 Å². The Morgan fingerprint density at radius 3 is 1.81 bits per heavy atom. The summed E-state index contributed by atoms with van der Waals surface area (Å²) in [5, 5.41) is 1.12. The number of carbonyl (C=O) groups is 1. The number of hydrogen-bond acceptors (Lipinski definition) is 2. The number of rotatable bonds is 4. The summed E-state index contributed by atoms with van der Waals surface area (Å²) in [6.07, 6.45) is 0. The van der Waals surface area contributed by atoms with Crippen LogP contribution in [0.1, 0.15) is 70.0 Å². The Hall–Kier alpha value is -1.06. The quantitative estimate of drug-likeness (QED) is 0.604. The Kier molecular flexibility index (Phi) is 7.96. The minimum Gasteiger partial charge on any atom is -1.00 e. The van der Waals surface area contributed by atoms with Gasteiger partial charge in [0.05, 0.1) is 0 Å². The molecule has 27 heavy (non-hydrogen) atoms. The second-order valence-electron chi connectivity index (χ2n) is 8.93. The van der Waals surface area contributed by atoms with E-state index in [1.165, 1.54) is 5.56 Å². The number of carbonyl (C=O) groups excluding carboxylic acids is 1. The fourth-order valence-corrected chi connectivity index (χ4v) is 3.92. The standard InChI is InChI=1S/C23H31O2P.Li.H/c1-15-13-19(25-23(6,7)8)14-16(2)20(15)26-21(24)17-9-11-18(12-10-17)22(3,4)5;;/h9-14,26H,1-8H3;;/q;+1;-1. The van der Waals surface area contributed by atoms with Crippen molar-refractivity contribution in [3.8, 4) is 5.75 Å². The molecule has 0 fully saturated rings. The number of aryl methyl sites for hydroxylation is 2. The Morgan fingerprint density at radius 1 is 0.926 bits per heavy atom. The van der Waals surface area contributed by atoms with Crippen molar-refractivity contribution in [1.82, 2.24) is 0 Å². The average molecular weight is 378 g/mol. The maximum Gasteiger partial charge on any atom is 1.00 e. The molecular weight excluding hydrogens is 346 g/mol. The molecule has 0 bridgehead atoms. The molecule has 2 aromatic carbocycles. The molecule has 2 rings (SSSR count). The molecule has 0 aromatic heterocycles. The molecule has 4 heteroatoms. The predicted octanol–water partition coefficient (Wildman–Crippen LogP) is 3.04. The van der Waals surface area contributed by atoms with Crippen LogP contribution in [-0.4, -0.2) is 11.1 Å². The summed E-state index contributed by atoms with van der Waals surface area (Å²) in [6, 6.07) is 12.1. The summed E-state index contributed by atoms with van der Waals surface area (Å²) in [6.45, 7) is 16.8. The van der Waals surface area contributed by atoms with Crippen LogP contribution in [0, 0.1) is 13.8 Å². The zero-order valence-electron chi connectivity index (χ0n) is 19.3. The Morgan fingerprint density at radius 2 is 1.41 bits per heavy atom. The fraction of sp³-hybridized carbons (Fsp3) is 0.435. The van der Waals surface area contributed by atoms with E-state index in [-0.39, 0.29) is 45.4 Å². The zero-order chi connectivity index (χ0) is 19.7. The van der Waals surface area contributed by atoms with Gasteiger partial charge in [-0.05, 0) is 82.7 Å². The SMILES string of the molecule is Cc1cc(OC(C)(C)C)cc(C)c1PC(=O)c1ccc(C(C)(C)C)cc1.[H-].[Li+]. The first kappa shape index (κ1) is 24.0. The summed E-state index contributed by atoms with van der Waals surface area (Å²) in [7, 11) is 0.127. The van der Waals surface area contributed by atoms with Gasteiger partial charge in [-0.2, -0.15) is 0 Å². The van der Waals surface area contributed by atoms with E-state index in [0.717, 1.165) is 27.7 Å². The maximum atomic E-state index is 12.8. The van der Waals surface area contributed by atoms with Gasteiger partial charge in [0.2, 0.25) is 0 Å². The Labute approximate surface area is 179 Å². The summed E-state index contributed by atoms with van der Waals surface area (Å²) in [4.78, 5) is 12.8. The molecule has 0 aliphatic rings. The fourth-order valence-electron chi connectivity index (χ4n) is 2.84. The van der Waals surface area contributed by atoms with Gasteiger partial charge in [-0.3, -0.25) is 4.79 Å². The number of ether oxygens (including phenoxy) is 1. The van der Waals surface area contributed by atoms with Crippen molar-refractivity contribution in [2.75, 3.05) is 0 Å². The Bertz CT molecular complexity index is 780. The molecule has 0 amide bonds. The van der Waals surface area contributed by atoms with Crippen molar-refractivity contribution in [2.24, 2.45) is 0 Å². The van der Waals surface area contributed by atoms with Gasteiger partial charge in [-0.15, -0.1) is 0 Å². The van der Waals surface area contributed by atoms with Gasteiger partial charge in [-0.1, -0.05) is 45.0 Å². The largest absolute Gasteiger partial charge is 1.00 e. The van der Waals surface area contributed by atoms with Crippen molar-refractivity contribution in [3.05, 3.63) is 58.7 Å². The van der Waals surface area contributed by atoms with Crippen molar-refractivity contribution in [2.45, 2.75) is 66.4 Å². The summed E-state index contributed by atoms with van der Waals surface area (Å²) in [5.74, 6) is 0.864. The van der Waals surface area contributed by atoms with Gasteiger partial charge in [0.15, 0.2) is 5.52 Å². The third-order valence-corrected chi connectivity index (χ3v) is 5.74. The van der Waals surface area contributed by atoms with E-state index in [1.54, 1.807) is 0 Å². The summed E-state index contributed by atoms with van der Waals surface area (Å²) < 4.78 is 5.97.